The molecule has 0 unspecified atom stereocenters. The van der Waals surface area contributed by atoms with Gasteiger partial charge < -0.3 is 4.57 Å². The van der Waals surface area contributed by atoms with Crippen molar-refractivity contribution in [3.8, 4) is 0 Å². The molecule has 0 radical (unpaired) electrons. The highest BCUT2D eigenvalue weighted by Crippen LogP contribution is 2.33. The van der Waals surface area contributed by atoms with Crippen molar-refractivity contribution < 1.29 is 4.79 Å². The topological polar surface area (TPSA) is 34.4 Å². The minimum atomic E-state index is -0.178. The van der Waals surface area contributed by atoms with Crippen molar-refractivity contribution in [3.63, 3.8) is 0 Å². The van der Waals surface area contributed by atoms with Gasteiger partial charge in [-0.25, -0.2) is 0 Å². The standard InChI is InChI=1S/C19H23BrN2OS/c1-12-16(19(2,3)4)24-18(22(12)11-13-8-9-13)21-17(23)14-6-5-7-15(20)10-14/h5-7,10,13H,8-9,11H2,1-4H3/b21-18-. The Kier molecular flexibility index (Phi) is 4.85. The average Bonchev–Trinajstić information content (AvgIpc) is 3.25. The molecule has 3 nitrogen and oxygen atoms in total. The predicted molar refractivity (Wildman–Crippen MR) is 103 cm³/mol. The highest BCUT2D eigenvalue weighted by molar-refractivity contribution is 9.10. The largest absolute Gasteiger partial charge is 0.320 e. The first kappa shape index (κ1) is 17.6. The molecule has 1 aromatic heterocycles. The monoisotopic (exact) mass is 406 g/mol. The molecular formula is C19H23BrN2OS. The summed E-state index contributed by atoms with van der Waals surface area (Å²) in [5, 5.41) is 0. The lowest BCUT2D eigenvalue weighted by Gasteiger charge is -2.17. The minimum Gasteiger partial charge on any atom is -0.320 e. The smallest absolute Gasteiger partial charge is 0.279 e. The van der Waals surface area contributed by atoms with Crippen LogP contribution in [-0.4, -0.2) is 10.5 Å². The lowest BCUT2D eigenvalue weighted by atomic mass is 9.93. The molecule has 1 saturated carbocycles. The van der Waals surface area contributed by atoms with Gasteiger partial charge in [-0.3, -0.25) is 4.79 Å². The quantitative estimate of drug-likeness (QED) is 0.700. The van der Waals surface area contributed by atoms with Crippen LogP contribution in [0.25, 0.3) is 0 Å². The summed E-state index contributed by atoms with van der Waals surface area (Å²) < 4.78 is 3.14. The van der Waals surface area contributed by atoms with Crippen LogP contribution in [0.4, 0.5) is 0 Å². The summed E-state index contributed by atoms with van der Waals surface area (Å²) in [7, 11) is 0. The summed E-state index contributed by atoms with van der Waals surface area (Å²) in [5.74, 6) is 0.564. The second-order valence-corrected chi connectivity index (χ2v) is 9.42. The number of hydrogen-bond donors (Lipinski definition) is 0. The van der Waals surface area contributed by atoms with Crippen LogP contribution in [0.5, 0.6) is 0 Å². The van der Waals surface area contributed by atoms with E-state index in [9.17, 15) is 4.79 Å². The van der Waals surface area contributed by atoms with Gasteiger partial charge in [-0.15, -0.1) is 11.3 Å². The van der Waals surface area contributed by atoms with Gasteiger partial charge in [0, 0.05) is 27.2 Å². The summed E-state index contributed by atoms with van der Waals surface area (Å²) >= 11 is 5.07. The summed E-state index contributed by atoms with van der Waals surface area (Å²) in [5.41, 5.74) is 1.93. The first-order valence-electron chi connectivity index (χ1n) is 8.31. The van der Waals surface area contributed by atoms with E-state index in [4.69, 9.17) is 0 Å². The summed E-state index contributed by atoms with van der Waals surface area (Å²) in [6, 6.07) is 7.41. The molecule has 1 fully saturated rings. The Bertz CT molecular complexity index is 838. The van der Waals surface area contributed by atoms with Crippen molar-refractivity contribution >= 4 is 33.2 Å². The van der Waals surface area contributed by atoms with E-state index in [1.807, 2.05) is 24.3 Å². The van der Waals surface area contributed by atoms with Crippen molar-refractivity contribution in [1.29, 1.82) is 0 Å². The molecule has 2 aromatic rings. The maximum atomic E-state index is 12.6. The lowest BCUT2D eigenvalue weighted by molar-refractivity contribution is 0.0997. The Hall–Kier alpha value is -1.20. The Balaban J connectivity index is 2.06. The molecule has 0 saturated heterocycles. The maximum Gasteiger partial charge on any atom is 0.279 e. The number of rotatable bonds is 3. The zero-order valence-corrected chi connectivity index (χ0v) is 17.0. The minimum absolute atomic E-state index is 0.0621. The van der Waals surface area contributed by atoms with Gasteiger partial charge in [0.05, 0.1) is 0 Å². The molecule has 3 rings (SSSR count). The van der Waals surface area contributed by atoms with Crippen LogP contribution in [0.3, 0.4) is 0 Å². The van der Waals surface area contributed by atoms with Gasteiger partial charge in [0.25, 0.3) is 5.91 Å². The second-order valence-electron chi connectivity index (χ2n) is 7.53. The number of nitrogens with zero attached hydrogens (tertiary/aromatic N) is 2. The van der Waals surface area contributed by atoms with Crippen LogP contribution in [0.2, 0.25) is 0 Å². The summed E-state index contributed by atoms with van der Waals surface area (Å²) in [6.45, 7) is 9.78. The maximum absolute atomic E-state index is 12.6. The van der Waals surface area contributed by atoms with E-state index in [1.54, 1.807) is 11.3 Å². The summed E-state index contributed by atoms with van der Waals surface area (Å²) in [4.78, 5) is 19.2. The van der Waals surface area contributed by atoms with Crippen molar-refractivity contribution in [3.05, 3.63) is 49.7 Å². The molecule has 1 aliphatic carbocycles. The number of carbonyl (C=O) groups excluding carboxylic acids is 1. The zero-order chi connectivity index (χ0) is 17.5. The van der Waals surface area contributed by atoms with Crippen LogP contribution in [0.15, 0.2) is 33.7 Å². The molecule has 1 aliphatic rings. The van der Waals surface area contributed by atoms with Crippen LogP contribution >= 0.6 is 27.3 Å². The van der Waals surface area contributed by atoms with Crippen molar-refractivity contribution in [2.75, 3.05) is 0 Å². The van der Waals surface area contributed by atoms with Crippen LogP contribution < -0.4 is 4.80 Å². The van der Waals surface area contributed by atoms with Crippen molar-refractivity contribution in [2.24, 2.45) is 10.9 Å². The van der Waals surface area contributed by atoms with E-state index in [0.29, 0.717) is 5.56 Å². The van der Waals surface area contributed by atoms with E-state index in [0.717, 1.165) is 21.7 Å². The molecule has 1 aromatic carbocycles. The van der Waals surface area contributed by atoms with E-state index < -0.39 is 0 Å². The second kappa shape index (κ2) is 6.60. The predicted octanol–water partition coefficient (Wildman–Crippen LogP) is 5.07. The average molecular weight is 407 g/mol. The van der Waals surface area contributed by atoms with E-state index >= 15 is 0 Å². The fourth-order valence-corrected chi connectivity index (χ4v) is 4.41. The van der Waals surface area contributed by atoms with Gasteiger partial charge in [-0.1, -0.05) is 42.8 Å². The third-order valence-corrected chi connectivity index (χ3v) is 6.34. The Labute approximate surface area is 155 Å². The lowest BCUT2D eigenvalue weighted by Crippen LogP contribution is -2.19. The molecule has 0 N–H and O–H groups in total. The van der Waals surface area contributed by atoms with Gasteiger partial charge in [-0.05, 0) is 49.3 Å². The Morgan fingerprint density at radius 3 is 2.67 bits per heavy atom. The normalized spacial score (nSPS) is 15.8. The van der Waals surface area contributed by atoms with E-state index in [-0.39, 0.29) is 11.3 Å². The first-order valence-corrected chi connectivity index (χ1v) is 9.92. The van der Waals surface area contributed by atoms with Gasteiger partial charge in [-0.2, -0.15) is 4.99 Å². The van der Waals surface area contributed by atoms with Crippen LogP contribution in [0, 0.1) is 12.8 Å². The highest BCUT2D eigenvalue weighted by Gasteiger charge is 2.27. The molecule has 1 amide bonds. The Morgan fingerprint density at radius 2 is 2.08 bits per heavy atom. The molecule has 24 heavy (non-hydrogen) atoms. The number of carbonyl (C=O) groups is 1. The van der Waals surface area contributed by atoms with Crippen molar-refractivity contribution in [2.45, 2.75) is 52.5 Å². The molecule has 128 valence electrons. The van der Waals surface area contributed by atoms with Gasteiger partial charge in [0.2, 0.25) is 0 Å². The number of hydrogen-bond acceptors (Lipinski definition) is 2. The fourth-order valence-electron chi connectivity index (χ4n) is 2.81. The van der Waals surface area contributed by atoms with Gasteiger partial charge >= 0.3 is 0 Å². The Morgan fingerprint density at radius 1 is 1.38 bits per heavy atom. The number of amides is 1. The molecule has 0 spiro atoms. The molecule has 0 aliphatic heterocycles. The van der Waals surface area contributed by atoms with Gasteiger partial charge in [0.1, 0.15) is 0 Å². The highest BCUT2D eigenvalue weighted by atomic mass is 79.9. The SMILES string of the molecule is Cc1c(C(C)(C)C)s/c(=N\C(=O)c2cccc(Br)c2)n1CC1CC1. The number of benzene rings is 1. The van der Waals surface area contributed by atoms with Gasteiger partial charge in [0.15, 0.2) is 4.80 Å². The van der Waals surface area contributed by atoms with Crippen LogP contribution in [-0.2, 0) is 12.0 Å². The molecule has 0 atom stereocenters. The van der Waals surface area contributed by atoms with Crippen molar-refractivity contribution in [1.82, 2.24) is 4.57 Å². The van der Waals surface area contributed by atoms with E-state index in [2.05, 4.69) is 53.2 Å². The number of aromatic nitrogens is 1. The molecular weight excluding hydrogens is 384 g/mol. The third-order valence-electron chi connectivity index (χ3n) is 4.25. The van der Waals surface area contributed by atoms with Crippen LogP contribution in [0.1, 0.15) is 54.5 Å². The molecule has 0 bridgehead atoms. The number of halogens is 1. The first-order chi connectivity index (χ1) is 11.3. The zero-order valence-electron chi connectivity index (χ0n) is 14.6. The molecule has 1 heterocycles. The summed E-state index contributed by atoms with van der Waals surface area (Å²) in [6.07, 6.45) is 2.57. The van der Waals surface area contributed by atoms with E-state index in [1.165, 1.54) is 23.4 Å². The number of thiazole rings is 1. The fraction of sp³-hybridized carbons (Fsp3) is 0.474. The molecule has 5 heteroatoms. The third kappa shape index (κ3) is 3.89.